The summed E-state index contributed by atoms with van der Waals surface area (Å²) in [7, 11) is 0. The fraction of sp³-hybridized carbons (Fsp3) is 0.667. The average Bonchev–Trinajstić information content (AvgIpc) is 2.12. The van der Waals surface area contributed by atoms with Crippen LogP contribution in [-0.4, -0.2) is 24.1 Å². The molecule has 5 heteroatoms. The summed E-state index contributed by atoms with van der Waals surface area (Å²) in [6.07, 6.45) is 0.446. The van der Waals surface area contributed by atoms with E-state index >= 15 is 0 Å². The number of hydrogen-bond acceptors (Lipinski definition) is 4. The summed E-state index contributed by atoms with van der Waals surface area (Å²) in [4.78, 5) is 11.0. The van der Waals surface area contributed by atoms with Crippen molar-refractivity contribution in [2.75, 3.05) is 13.2 Å². The van der Waals surface area contributed by atoms with Crippen LogP contribution in [-0.2, 0) is 9.53 Å². The lowest BCUT2D eigenvalue weighted by atomic mass is 10.1. The van der Waals surface area contributed by atoms with E-state index in [1.807, 2.05) is 6.92 Å². The van der Waals surface area contributed by atoms with E-state index < -0.39 is 0 Å². The molecule has 0 aliphatic rings. The number of carbonyl (C=O) groups excluding carboxylic acids is 1. The van der Waals surface area contributed by atoms with Gasteiger partial charge < -0.3 is 10.1 Å². The van der Waals surface area contributed by atoms with Crippen LogP contribution < -0.4 is 5.32 Å². The first-order chi connectivity index (χ1) is 6.61. The van der Waals surface area contributed by atoms with E-state index in [2.05, 4.69) is 11.4 Å². The monoisotopic (exact) mass is 214 g/mol. The molecule has 0 aromatic heterocycles. The molecule has 0 radical (unpaired) electrons. The molecule has 0 spiro atoms. The van der Waals surface area contributed by atoms with Crippen molar-refractivity contribution in [3.05, 3.63) is 0 Å². The van der Waals surface area contributed by atoms with Gasteiger partial charge in [0.05, 0.1) is 23.6 Å². The first kappa shape index (κ1) is 12.8. The Kier molecular flexibility index (Phi) is 6.68. The Morgan fingerprint density at radius 2 is 2.36 bits per heavy atom. The van der Waals surface area contributed by atoms with Gasteiger partial charge in [0, 0.05) is 19.9 Å². The highest BCUT2D eigenvalue weighted by molar-refractivity contribution is 7.80. The van der Waals surface area contributed by atoms with Gasteiger partial charge in [-0.25, -0.2) is 0 Å². The van der Waals surface area contributed by atoms with Crippen molar-refractivity contribution in [3.63, 3.8) is 0 Å². The predicted octanol–water partition coefficient (Wildman–Crippen LogP) is 1.02. The lowest BCUT2D eigenvalue weighted by molar-refractivity contribution is -0.141. The summed E-state index contributed by atoms with van der Waals surface area (Å²) in [5, 5.41) is 11.7. The van der Waals surface area contributed by atoms with Crippen molar-refractivity contribution < 1.29 is 9.53 Å². The number of nitrogens with one attached hydrogen (secondary N) is 1. The lowest BCUT2D eigenvalue weighted by Crippen LogP contribution is -2.28. The number of nitrogens with zero attached hydrogens (tertiary/aromatic N) is 1. The second kappa shape index (κ2) is 7.27. The molecule has 0 rings (SSSR count). The third-order valence-electron chi connectivity index (χ3n) is 1.54. The zero-order valence-electron chi connectivity index (χ0n) is 8.37. The van der Waals surface area contributed by atoms with E-state index in [0.29, 0.717) is 18.0 Å². The first-order valence-electron chi connectivity index (χ1n) is 4.42. The second-order valence-electron chi connectivity index (χ2n) is 2.70. The van der Waals surface area contributed by atoms with Crippen LogP contribution in [0.5, 0.6) is 0 Å². The summed E-state index contributed by atoms with van der Waals surface area (Å²) in [6, 6.07) is 2.07. The highest BCUT2D eigenvalue weighted by Crippen LogP contribution is 2.03. The average molecular weight is 214 g/mol. The van der Waals surface area contributed by atoms with E-state index in [-0.39, 0.29) is 18.5 Å². The van der Waals surface area contributed by atoms with E-state index in [0.717, 1.165) is 0 Å². The third-order valence-corrected chi connectivity index (χ3v) is 1.96. The van der Waals surface area contributed by atoms with Crippen molar-refractivity contribution in [1.29, 1.82) is 5.26 Å². The van der Waals surface area contributed by atoms with Crippen LogP contribution in [0.4, 0.5) is 0 Å². The highest BCUT2D eigenvalue weighted by Gasteiger charge is 2.13. The fourth-order valence-electron chi connectivity index (χ4n) is 0.872. The minimum absolute atomic E-state index is 0.235. The Labute approximate surface area is 89.2 Å². The molecule has 1 unspecified atom stereocenters. The van der Waals surface area contributed by atoms with Crippen molar-refractivity contribution in [2.24, 2.45) is 5.92 Å². The van der Waals surface area contributed by atoms with Crippen LogP contribution in [0.15, 0.2) is 0 Å². The van der Waals surface area contributed by atoms with Gasteiger partial charge >= 0.3 is 5.97 Å². The Bertz CT molecular complexity index is 248. The second-order valence-corrected chi connectivity index (χ2v) is 3.14. The Morgan fingerprint density at radius 3 is 2.79 bits per heavy atom. The standard InChI is InChI=1S/C9H14N2O2S/c1-3-11-9(14)8(6-10)4-5-13-7(2)12/h8H,3-5H2,1-2H3,(H,11,14). The molecule has 4 nitrogen and oxygen atoms in total. The smallest absolute Gasteiger partial charge is 0.302 e. The maximum absolute atomic E-state index is 10.5. The minimum Gasteiger partial charge on any atom is -0.466 e. The molecule has 78 valence electrons. The minimum atomic E-state index is -0.371. The van der Waals surface area contributed by atoms with E-state index in [4.69, 9.17) is 22.2 Å². The van der Waals surface area contributed by atoms with Gasteiger partial charge in [0.1, 0.15) is 0 Å². The van der Waals surface area contributed by atoms with Gasteiger partial charge in [-0.1, -0.05) is 12.2 Å². The molecular weight excluding hydrogens is 200 g/mol. The van der Waals surface area contributed by atoms with Crippen LogP contribution in [0.3, 0.4) is 0 Å². The molecule has 0 heterocycles. The van der Waals surface area contributed by atoms with Crippen molar-refractivity contribution >= 4 is 23.2 Å². The van der Waals surface area contributed by atoms with Crippen molar-refractivity contribution in [1.82, 2.24) is 5.32 Å². The zero-order chi connectivity index (χ0) is 11.0. The molecule has 14 heavy (non-hydrogen) atoms. The molecule has 0 aliphatic heterocycles. The van der Waals surface area contributed by atoms with Gasteiger partial charge in [0.25, 0.3) is 0 Å². The first-order valence-corrected chi connectivity index (χ1v) is 4.83. The normalized spacial score (nSPS) is 11.2. The molecule has 0 saturated carbocycles. The topological polar surface area (TPSA) is 62.1 Å². The third kappa shape index (κ3) is 5.49. The fourth-order valence-corrected chi connectivity index (χ4v) is 1.19. The maximum Gasteiger partial charge on any atom is 0.302 e. The van der Waals surface area contributed by atoms with E-state index in [1.54, 1.807) is 0 Å². The van der Waals surface area contributed by atoms with Crippen LogP contribution in [0, 0.1) is 17.2 Å². The zero-order valence-corrected chi connectivity index (χ0v) is 9.19. The van der Waals surface area contributed by atoms with Crippen LogP contribution in [0.2, 0.25) is 0 Å². The van der Waals surface area contributed by atoms with Gasteiger partial charge in [-0.15, -0.1) is 0 Å². The van der Waals surface area contributed by atoms with Gasteiger partial charge in [-0.05, 0) is 6.92 Å². The van der Waals surface area contributed by atoms with Crippen molar-refractivity contribution in [2.45, 2.75) is 20.3 Å². The number of rotatable bonds is 5. The summed E-state index contributed by atoms with van der Waals surface area (Å²) < 4.78 is 4.73. The van der Waals surface area contributed by atoms with Gasteiger partial charge in [-0.2, -0.15) is 5.26 Å². The molecule has 0 aromatic carbocycles. The van der Waals surface area contributed by atoms with Gasteiger partial charge in [0.15, 0.2) is 0 Å². The summed E-state index contributed by atoms with van der Waals surface area (Å²) in [5.74, 6) is -0.708. The Balaban J connectivity index is 3.86. The van der Waals surface area contributed by atoms with Crippen LogP contribution in [0.1, 0.15) is 20.3 Å². The number of ether oxygens (including phenoxy) is 1. The SMILES string of the molecule is CCNC(=S)C(C#N)CCOC(C)=O. The van der Waals surface area contributed by atoms with Gasteiger partial charge in [0.2, 0.25) is 0 Å². The number of nitriles is 1. The Hall–Kier alpha value is -1.15. The molecule has 1 atom stereocenters. The van der Waals surface area contributed by atoms with Crippen LogP contribution in [0.25, 0.3) is 0 Å². The number of esters is 1. The van der Waals surface area contributed by atoms with Crippen molar-refractivity contribution in [3.8, 4) is 6.07 Å². The largest absolute Gasteiger partial charge is 0.466 e. The quantitative estimate of drug-likeness (QED) is 0.547. The molecule has 0 amide bonds. The molecule has 0 saturated heterocycles. The Morgan fingerprint density at radius 1 is 1.71 bits per heavy atom. The lowest BCUT2D eigenvalue weighted by Gasteiger charge is -2.11. The van der Waals surface area contributed by atoms with E-state index in [9.17, 15) is 4.79 Å². The van der Waals surface area contributed by atoms with Crippen LogP contribution >= 0.6 is 12.2 Å². The maximum atomic E-state index is 10.5. The molecule has 0 aromatic rings. The number of hydrogen-bond donors (Lipinski definition) is 1. The number of carbonyl (C=O) groups is 1. The molecule has 0 aliphatic carbocycles. The number of thiocarbonyl (C=S) groups is 1. The van der Waals surface area contributed by atoms with Gasteiger partial charge in [-0.3, -0.25) is 4.79 Å². The molecular formula is C9H14N2O2S. The summed E-state index contributed by atoms with van der Waals surface area (Å²) >= 11 is 4.98. The molecule has 0 fully saturated rings. The summed E-state index contributed by atoms with van der Waals surface area (Å²) in [6.45, 7) is 4.18. The summed E-state index contributed by atoms with van der Waals surface area (Å²) in [5.41, 5.74) is 0. The predicted molar refractivity (Wildman–Crippen MR) is 56.6 cm³/mol. The molecule has 0 bridgehead atoms. The highest BCUT2D eigenvalue weighted by atomic mass is 32.1. The van der Waals surface area contributed by atoms with E-state index in [1.165, 1.54) is 6.92 Å². The molecule has 1 N–H and O–H groups in total.